The second-order valence-corrected chi connectivity index (χ2v) is 6.24. The van der Waals surface area contributed by atoms with Crippen LogP contribution in [0.15, 0.2) is 54.9 Å². The van der Waals surface area contributed by atoms with Crippen molar-refractivity contribution in [3.8, 4) is 0 Å². The van der Waals surface area contributed by atoms with Crippen LogP contribution in [0.25, 0.3) is 0 Å². The van der Waals surface area contributed by atoms with Gasteiger partial charge < -0.3 is 15.3 Å². The lowest BCUT2D eigenvalue weighted by Crippen LogP contribution is -2.39. The summed E-state index contributed by atoms with van der Waals surface area (Å²) in [6, 6.07) is 13.2. The topological polar surface area (TPSA) is 82.5 Å². The Hall–Kier alpha value is -2.73. The van der Waals surface area contributed by atoms with Gasteiger partial charge in [0, 0.05) is 31.4 Å². The molecule has 1 aliphatic rings. The standard InChI is InChI=1S/C19H21N3O3/c23-17-13-22(12-16(17)9-14-5-2-1-3-6-14)18(24)11-21-19(25)15-7-4-8-20-10-15/h1-8,10,16-17,23H,9,11-13H2,(H,21,25)/t16-,17-/m1/s1. The minimum Gasteiger partial charge on any atom is -0.391 e. The average molecular weight is 339 g/mol. The van der Waals surface area contributed by atoms with E-state index in [0.29, 0.717) is 18.7 Å². The summed E-state index contributed by atoms with van der Waals surface area (Å²) in [6.07, 6.45) is 3.22. The smallest absolute Gasteiger partial charge is 0.253 e. The number of rotatable bonds is 5. The molecule has 6 nitrogen and oxygen atoms in total. The molecule has 2 aromatic rings. The lowest BCUT2D eigenvalue weighted by Gasteiger charge is -2.16. The molecule has 6 heteroatoms. The normalized spacial score (nSPS) is 19.6. The maximum absolute atomic E-state index is 12.3. The predicted molar refractivity (Wildman–Crippen MR) is 92.8 cm³/mol. The summed E-state index contributed by atoms with van der Waals surface area (Å²) in [5.41, 5.74) is 1.56. The summed E-state index contributed by atoms with van der Waals surface area (Å²) in [6.45, 7) is 0.718. The molecule has 3 rings (SSSR count). The molecule has 0 saturated carbocycles. The van der Waals surface area contributed by atoms with Crippen LogP contribution in [0.1, 0.15) is 15.9 Å². The Morgan fingerprint density at radius 1 is 1.16 bits per heavy atom. The van der Waals surface area contributed by atoms with Crippen LogP contribution >= 0.6 is 0 Å². The van der Waals surface area contributed by atoms with Crippen LogP contribution in [0.4, 0.5) is 0 Å². The van der Waals surface area contributed by atoms with E-state index in [-0.39, 0.29) is 24.3 Å². The summed E-state index contributed by atoms with van der Waals surface area (Å²) in [5.74, 6) is -0.505. The Balaban J connectivity index is 1.50. The van der Waals surface area contributed by atoms with Gasteiger partial charge >= 0.3 is 0 Å². The molecular formula is C19H21N3O3. The first kappa shape index (κ1) is 17.1. The predicted octanol–water partition coefficient (Wildman–Crippen LogP) is 0.873. The van der Waals surface area contributed by atoms with Crippen molar-refractivity contribution in [1.29, 1.82) is 0 Å². The van der Waals surface area contributed by atoms with Crippen LogP contribution in [0.5, 0.6) is 0 Å². The number of nitrogens with one attached hydrogen (secondary N) is 1. The zero-order valence-electron chi connectivity index (χ0n) is 13.8. The van der Waals surface area contributed by atoms with Crippen molar-refractivity contribution in [3.63, 3.8) is 0 Å². The number of β-amino-alcohol motifs (C(OH)–C–C–N with tert-alkyl or cyclic N) is 1. The highest BCUT2D eigenvalue weighted by Gasteiger charge is 2.33. The van der Waals surface area contributed by atoms with Crippen LogP contribution < -0.4 is 5.32 Å². The number of likely N-dealkylation sites (tertiary alicyclic amines) is 1. The van der Waals surface area contributed by atoms with E-state index in [9.17, 15) is 14.7 Å². The molecule has 0 radical (unpaired) electrons. The number of hydrogen-bond donors (Lipinski definition) is 2. The van der Waals surface area contributed by atoms with E-state index in [1.165, 1.54) is 6.20 Å². The van der Waals surface area contributed by atoms with Crippen molar-refractivity contribution in [2.75, 3.05) is 19.6 Å². The molecule has 1 aromatic heterocycles. The lowest BCUT2D eigenvalue weighted by molar-refractivity contribution is -0.129. The molecule has 0 spiro atoms. The quantitative estimate of drug-likeness (QED) is 0.847. The molecule has 130 valence electrons. The summed E-state index contributed by atoms with van der Waals surface area (Å²) >= 11 is 0. The van der Waals surface area contributed by atoms with Crippen LogP contribution in [0, 0.1) is 5.92 Å². The molecule has 0 unspecified atom stereocenters. The number of hydrogen-bond acceptors (Lipinski definition) is 4. The summed E-state index contributed by atoms with van der Waals surface area (Å²) in [4.78, 5) is 29.8. The molecule has 2 heterocycles. The minimum atomic E-state index is -0.543. The van der Waals surface area contributed by atoms with E-state index in [4.69, 9.17) is 0 Å². The van der Waals surface area contributed by atoms with Crippen LogP contribution in [0.2, 0.25) is 0 Å². The molecule has 2 N–H and O–H groups in total. The molecule has 1 saturated heterocycles. The number of carbonyl (C=O) groups excluding carboxylic acids is 2. The fraction of sp³-hybridized carbons (Fsp3) is 0.316. The van der Waals surface area contributed by atoms with Crippen molar-refractivity contribution in [2.24, 2.45) is 5.92 Å². The SMILES string of the molecule is O=C(NCC(=O)N1C[C@@H](Cc2ccccc2)[C@H](O)C1)c1cccnc1. The third-order valence-electron chi connectivity index (χ3n) is 4.42. The monoisotopic (exact) mass is 339 g/mol. The van der Waals surface area contributed by atoms with Gasteiger partial charge in [0.25, 0.3) is 5.91 Å². The number of aliphatic hydroxyl groups is 1. The Morgan fingerprint density at radius 2 is 1.96 bits per heavy atom. The third kappa shape index (κ3) is 4.42. The van der Waals surface area contributed by atoms with Gasteiger partial charge in [0.15, 0.2) is 0 Å². The molecular weight excluding hydrogens is 318 g/mol. The molecule has 25 heavy (non-hydrogen) atoms. The number of amides is 2. The van der Waals surface area contributed by atoms with Gasteiger partial charge in [-0.05, 0) is 24.1 Å². The highest BCUT2D eigenvalue weighted by molar-refractivity contribution is 5.96. The highest BCUT2D eigenvalue weighted by atomic mass is 16.3. The summed E-state index contributed by atoms with van der Waals surface area (Å²) < 4.78 is 0. The van der Waals surface area contributed by atoms with Gasteiger partial charge in [0.05, 0.1) is 18.2 Å². The van der Waals surface area contributed by atoms with Crippen molar-refractivity contribution < 1.29 is 14.7 Å². The second kappa shape index (κ2) is 7.90. The summed E-state index contributed by atoms with van der Waals surface area (Å²) in [7, 11) is 0. The molecule has 1 aliphatic heterocycles. The van der Waals surface area contributed by atoms with Crippen molar-refractivity contribution in [2.45, 2.75) is 12.5 Å². The largest absolute Gasteiger partial charge is 0.391 e. The van der Waals surface area contributed by atoms with Gasteiger partial charge in [0.2, 0.25) is 5.91 Å². The van der Waals surface area contributed by atoms with E-state index in [1.54, 1.807) is 23.2 Å². The zero-order chi connectivity index (χ0) is 17.6. The first-order chi connectivity index (χ1) is 12.1. The summed E-state index contributed by atoms with van der Waals surface area (Å²) in [5, 5.41) is 12.8. The number of benzene rings is 1. The van der Waals surface area contributed by atoms with E-state index >= 15 is 0 Å². The van der Waals surface area contributed by atoms with Crippen molar-refractivity contribution in [3.05, 3.63) is 66.0 Å². The highest BCUT2D eigenvalue weighted by Crippen LogP contribution is 2.21. The number of pyridine rings is 1. The Morgan fingerprint density at radius 3 is 2.68 bits per heavy atom. The molecule has 1 aromatic carbocycles. The Kier molecular flexibility index (Phi) is 5.40. The molecule has 2 amide bonds. The number of carbonyl (C=O) groups is 2. The van der Waals surface area contributed by atoms with Crippen LogP contribution in [0.3, 0.4) is 0 Å². The zero-order valence-corrected chi connectivity index (χ0v) is 13.8. The van der Waals surface area contributed by atoms with E-state index in [0.717, 1.165) is 12.0 Å². The molecule has 0 bridgehead atoms. The van der Waals surface area contributed by atoms with Crippen molar-refractivity contribution >= 4 is 11.8 Å². The van der Waals surface area contributed by atoms with E-state index in [1.807, 2.05) is 30.3 Å². The van der Waals surface area contributed by atoms with Crippen LogP contribution in [-0.2, 0) is 11.2 Å². The van der Waals surface area contributed by atoms with Gasteiger partial charge in [-0.15, -0.1) is 0 Å². The number of aliphatic hydroxyl groups excluding tert-OH is 1. The third-order valence-corrected chi connectivity index (χ3v) is 4.42. The number of aromatic nitrogens is 1. The van der Waals surface area contributed by atoms with Gasteiger partial charge in [-0.2, -0.15) is 0 Å². The van der Waals surface area contributed by atoms with Gasteiger partial charge in [-0.3, -0.25) is 14.6 Å². The first-order valence-electron chi connectivity index (χ1n) is 8.31. The average Bonchev–Trinajstić information content (AvgIpc) is 3.01. The van der Waals surface area contributed by atoms with Gasteiger partial charge in [-0.1, -0.05) is 30.3 Å². The maximum atomic E-state index is 12.3. The molecule has 1 fully saturated rings. The van der Waals surface area contributed by atoms with E-state index < -0.39 is 6.10 Å². The fourth-order valence-corrected chi connectivity index (χ4v) is 3.04. The molecule has 2 atom stereocenters. The fourth-order valence-electron chi connectivity index (χ4n) is 3.04. The number of nitrogens with zero attached hydrogens (tertiary/aromatic N) is 2. The van der Waals surface area contributed by atoms with Gasteiger partial charge in [-0.25, -0.2) is 0 Å². The Bertz CT molecular complexity index is 721. The first-order valence-corrected chi connectivity index (χ1v) is 8.31. The van der Waals surface area contributed by atoms with Gasteiger partial charge in [0.1, 0.15) is 0 Å². The minimum absolute atomic E-state index is 0.0142. The van der Waals surface area contributed by atoms with E-state index in [2.05, 4.69) is 10.3 Å². The lowest BCUT2D eigenvalue weighted by atomic mass is 9.97. The molecule has 0 aliphatic carbocycles. The maximum Gasteiger partial charge on any atom is 0.253 e. The second-order valence-electron chi connectivity index (χ2n) is 6.24. The van der Waals surface area contributed by atoms with Crippen LogP contribution in [-0.4, -0.2) is 52.5 Å². The van der Waals surface area contributed by atoms with Crippen molar-refractivity contribution in [1.82, 2.24) is 15.2 Å². The Labute approximate surface area is 146 Å².